The number of hydrogen-bond donors (Lipinski definition) is 1. The maximum Gasteiger partial charge on any atom is 0.0744 e. The summed E-state index contributed by atoms with van der Waals surface area (Å²) in [5.41, 5.74) is 2.27. The van der Waals surface area contributed by atoms with E-state index in [1.54, 1.807) is 14.2 Å². The average molecular weight is 288 g/mol. The zero-order valence-electron chi connectivity index (χ0n) is 9.75. The van der Waals surface area contributed by atoms with Gasteiger partial charge in [-0.25, -0.2) is 0 Å². The van der Waals surface area contributed by atoms with E-state index >= 15 is 0 Å². The first kappa shape index (κ1) is 13.5. The number of rotatable bonds is 7. The van der Waals surface area contributed by atoms with Crippen LogP contribution in [0.3, 0.4) is 0 Å². The van der Waals surface area contributed by atoms with Gasteiger partial charge in [-0.2, -0.15) is 0 Å². The van der Waals surface area contributed by atoms with E-state index in [0.717, 1.165) is 35.3 Å². The molecule has 0 aliphatic carbocycles. The molecule has 0 atom stereocenters. The third-order valence-corrected chi connectivity index (χ3v) is 2.99. The van der Waals surface area contributed by atoms with Crippen molar-refractivity contribution in [2.75, 3.05) is 32.7 Å². The van der Waals surface area contributed by atoms with Crippen LogP contribution in [0.5, 0.6) is 0 Å². The molecule has 0 aromatic heterocycles. The Hall–Kier alpha value is -0.580. The lowest BCUT2D eigenvalue weighted by molar-refractivity contribution is 0.184. The average Bonchev–Trinajstić information content (AvgIpc) is 2.29. The highest BCUT2D eigenvalue weighted by molar-refractivity contribution is 9.10. The summed E-state index contributed by atoms with van der Waals surface area (Å²) in [4.78, 5) is 0. The quantitative estimate of drug-likeness (QED) is 0.782. The summed E-state index contributed by atoms with van der Waals surface area (Å²) in [6.45, 7) is 2.29. The molecule has 1 aromatic rings. The number of halogens is 1. The highest BCUT2D eigenvalue weighted by Gasteiger charge is 2.05. The Morgan fingerprint density at radius 1 is 1.25 bits per heavy atom. The minimum atomic E-state index is 0.605. The van der Waals surface area contributed by atoms with Crippen molar-refractivity contribution in [1.82, 2.24) is 0 Å². The van der Waals surface area contributed by atoms with E-state index in [2.05, 4.69) is 27.3 Å². The van der Waals surface area contributed by atoms with Crippen LogP contribution < -0.4 is 5.32 Å². The lowest BCUT2D eigenvalue weighted by Crippen LogP contribution is -2.07. The van der Waals surface area contributed by atoms with E-state index in [4.69, 9.17) is 9.47 Å². The second kappa shape index (κ2) is 7.65. The standard InChI is InChI=1S/C12H18BrNO2/c1-15-8-4-7-14-12-6-3-5-11(13)10(12)9-16-2/h3,5-6,14H,4,7-9H2,1-2H3. The van der Waals surface area contributed by atoms with Crippen LogP contribution in [0.4, 0.5) is 5.69 Å². The van der Waals surface area contributed by atoms with Gasteiger partial charge < -0.3 is 14.8 Å². The van der Waals surface area contributed by atoms with Crippen molar-refractivity contribution in [3.8, 4) is 0 Å². The number of hydrogen-bond acceptors (Lipinski definition) is 3. The van der Waals surface area contributed by atoms with Crippen molar-refractivity contribution in [1.29, 1.82) is 0 Å². The van der Waals surface area contributed by atoms with Crippen molar-refractivity contribution in [3.63, 3.8) is 0 Å². The summed E-state index contributed by atoms with van der Waals surface area (Å²) in [5.74, 6) is 0. The summed E-state index contributed by atoms with van der Waals surface area (Å²) < 4.78 is 11.3. The fourth-order valence-electron chi connectivity index (χ4n) is 1.45. The van der Waals surface area contributed by atoms with Crippen LogP contribution in [0.1, 0.15) is 12.0 Å². The molecule has 0 spiro atoms. The largest absolute Gasteiger partial charge is 0.385 e. The minimum Gasteiger partial charge on any atom is -0.385 e. The van der Waals surface area contributed by atoms with Gasteiger partial charge in [0, 0.05) is 43.1 Å². The van der Waals surface area contributed by atoms with E-state index in [1.807, 2.05) is 12.1 Å². The third kappa shape index (κ3) is 4.12. The molecule has 16 heavy (non-hydrogen) atoms. The van der Waals surface area contributed by atoms with Gasteiger partial charge in [0.15, 0.2) is 0 Å². The third-order valence-electron chi connectivity index (χ3n) is 2.25. The molecule has 0 radical (unpaired) electrons. The van der Waals surface area contributed by atoms with Crippen molar-refractivity contribution in [3.05, 3.63) is 28.2 Å². The van der Waals surface area contributed by atoms with Crippen LogP contribution in [0.15, 0.2) is 22.7 Å². The highest BCUT2D eigenvalue weighted by Crippen LogP contribution is 2.25. The van der Waals surface area contributed by atoms with E-state index < -0.39 is 0 Å². The molecular formula is C12H18BrNO2. The molecule has 90 valence electrons. The van der Waals surface area contributed by atoms with Gasteiger partial charge in [0.25, 0.3) is 0 Å². The minimum absolute atomic E-state index is 0.605. The predicted octanol–water partition coefficient (Wildman–Crippen LogP) is 3.04. The number of ether oxygens (including phenoxy) is 2. The summed E-state index contributed by atoms with van der Waals surface area (Å²) >= 11 is 3.53. The molecular weight excluding hydrogens is 270 g/mol. The predicted molar refractivity (Wildman–Crippen MR) is 69.8 cm³/mol. The van der Waals surface area contributed by atoms with E-state index in [1.165, 1.54) is 0 Å². The highest BCUT2D eigenvalue weighted by atomic mass is 79.9. The Morgan fingerprint density at radius 3 is 2.75 bits per heavy atom. The van der Waals surface area contributed by atoms with Gasteiger partial charge in [-0.15, -0.1) is 0 Å². The number of benzene rings is 1. The van der Waals surface area contributed by atoms with Crippen molar-refractivity contribution in [2.45, 2.75) is 13.0 Å². The molecule has 0 unspecified atom stereocenters. The van der Waals surface area contributed by atoms with Crippen molar-refractivity contribution >= 4 is 21.6 Å². The monoisotopic (exact) mass is 287 g/mol. The zero-order chi connectivity index (χ0) is 11.8. The van der Waals surface area contributed by atoms with Gasteiger partial charge in [0.1, 0.15) is 0 Å². The Morgan fingerprint density at radius 2 is 2.06 bits per heavy atom. The Kier molecular flexibility index (Phi) is 6.45. The second-order valence-corrected chi connectivity index (χ2v) is 4.33. The molecule has 3 nitrogen and oxygen atoms in total. The number of anilines is 1. The molecule has 1 rings (SSSR count). The van der Waals surface area contributed by atoms with Crippen molar-refractivity contribution < 1.29 is 9.47 Å². The van der Waals surface area contributed by atoms with Crippen molar-refractivity contribution in [2.24, 2.45) is 0 Å². The molecule has 0 amide bonds. The molecule has 0 aliphatic heterocycles. The van der Waals surface area contributed by atoms with E-state index in [0.29, 0.717) is 6.61 Å². The number of methoxy groups -OCH3 is 2. The smallest absolute Gasteiger partial charge is 0.0744 e. The fourth-order valence-corrected chi connectivity index (χ4v) is 1.94. The van der Waals surface area contributed by atoms with Crippen LogP contribution in [0.2, 0.25) is 0 Å². The maximum atomic E-state index is 5.18. The molecule has 1 N–H and O–H groups in total. The topological polar surface area (TPSA) is 30.5 Å². The van der Waals surface area contributed by atoms with Gasteiger partial charge in [0.05, 0.1) is 6.61 Å². The Labute approximate surface area is 105 Å². The SMILES string of the molecule is COCCCNc1cccc(Br)c1COC. The van der Waals surface area contributed by atoms with E-state index in [-0.39, 0.29) is 0 Å². The Balaban J connectivity index is 2.59. The van der Waals surface area contributed by atoms with Crippen LogP contribution >= 0.6 is 15.9 Å². The second-order valence-electron chi connectivity index (χ2n) is 3.47. The first-order chi connectivity index (χ1) is 7.79. The summed E-state index contributed by atoms with van der Waals surface area (Å²) in [5, 5.41) is 3.38. The number of nitrogens with one attached hydrogen (secondary N) is 1. The fraction of sp³-hybridized carbons (Fsp3) is 0.500. The van der Waals surface area contributed by atoms with Gasteiger partial charge in [-0.05, 0) is 18.6 Å². The first-order valence-electron chi connectivity index (χ1n) is 5.28. The normalized spacial score (nSPS) is 10.4. The van der Waals surface area contributed by atoms with Crippen LogP contribution in [0.25, 0.3) is 0 Å². The molecule has 0 aliphatic rings. The molecule has 1 aromatic carbocycles. The summed E-state index contributed by atoms with van der Waals surface area (Å²) in [6, 6.07) is 6.10. The maximum absolute atomic E-state index is 5.18. The molecule has 0 saturated heterocycles. The first-order valence-corrected chi connectivity index (χ1v) is 6.08. The van der Waals surface area contributed by atoms with Crippen LogP contribution in [-0.2, 0) is 16.1 Å². The summed E-state index contributed by atoms with van der Waals surface area (Å²) in [7, 11) is 3.42. The van der Waals surface area contributed by atoms with Crippen LogP contribution in [0, 0.1) is 0 Å². The lowest BCUT2D eigenvalue weighted by Gasteiger charge is -2.13. The lowest BCUT2D eigenvalue weighted by atomic mass is 10.2. The molecule has 0 fully saturated rings. The summed E-state index contributed by atoms with van der Waals surface area (Å²) in [6.07, 6.45) is 0.995. The molecule has 0 bridgehead atoms. The Bertz CT molecular complexity index is 318. The molecule has 4 heteroatoms. The van der Waals surface area contributed by atoms with Gasteiger partial charge >= 0.3 is 0 Å². The van der Waals surface area contributed by atoms with Gasteiger partial charge in [-0.3, -0.25) is 0 Å². The molecule has 0 saturated carbocycles. The zero-order valence-corrected chi connectivity index (χ0v) is 11.3. The van der Waals surface area contributed by atoms with E-state index in [9.17, 15) is 0 Å². The van der Waals surface area contributed by atoms with Gasteiger partial charge in [0.2, 0.25) is 0 Å². The van der Waals surface area contributed by atoms with Crippen LogP contribution in [-0.4, -0.2) is 27.4 Å². The van der Waals surface area contributed by atoms with Gasteiger partial charge in [-0.1, -0.05) is 22.0 Å². The molecule has 0 heterocycles.